The van der Waals surface area contributed by atoms with Crippen LogP contribution in [0, 0.1) is 46.3 Å². The molecule has 0 radical (unpaired) electrons. The molecule has 4 fully saturated rings. The summed E-state index contributed by atoms with van der Waals surface area (Å²) in [6.45, 7) is 6.15. The summed E-state index contributed by atoms with van der Waals surface area (Å²) in [5, 5.41) is 70.4. The summed E-state index contributed by atoms with van der Waals surface area (Å²) in [6, 6.07) is 0. The summed E-state index contributed by atoms with van der Waals surface area (Å²) < 4.78 is 0. The van der Waals surface area contributed by atoms with E-state index in [-0.39, 0.29) is 35.5 Å². The van der Waals surface area contributed by atoms with E-state index in [0.717, 1.165) is 57.8 Å². The Hall–Kier alpha value is -0.810. The maximum Gasteiger partial charge on any atom is 0.222 e. The molecular formula is C31H55NO8. The fourth-order valence-corrected chi connectivity index (χ4v) is 9.97. The van der Waals surface area contributed by atoms with Gasteiger partial charge in [-0.3, -0.25) is 4.79 Å². The van der Waals surface area contributed by atoms with Crippen LogP contribution >= 0.6 is 0 Å². The number of rotatable bonds is 10. The van der Waals surface area contributed by atoms with Crippen molar-refractivity contribution >= 4 is 5.91 Å². The molecule has 0 heterocycles. The summed E-state index contributed by atoms with van der Waals surface area (Å²) in [6.07, 6.45) is 2.12. The van der Waals surface area contributed by atoms with E-state index in [1.54, 1.807) is 7.05 Å². The molecule has 4 aliphatic rings. The van der Waals surface area contributed by atoms with Crippen molar-refractivity contribution in [3.8, 4) is 0 Å². The SMILES string of the molecule is CC(CCC(=O)N(C)CC(O)C(O)C(O)C(O)CO)C1CCC2C3C(O)CC4CC(O)CCC4(C)C3CCC12C. The number of nitrogens with zero attached hydrogens (tertiary/aromatic N) is 1. The van der Waals surface area contributed by atoms with E-state index in [0.29, 0.717) is 41.9 Å². The molecule has 40 heavy (non-hydrogen) atoms. The first-order valence-electron chi connectivity index (χ1n) is 15.7. The molecular weight excluding hydrogens is 514 g/mol. The van der Waals surface area contributed by atoms with Gasteiger partial charge in [0.05, 0.1) is 18.8 Å². The zero-order chi connectivity index (χ0) is 29.6. The van der Waals surface area contributed by atoms with E-state index in [9.17, 15) is 35.4 Å². The molecule has 232 valence electrons. The van der Waals surface area contributed by atoms with Crippen molar-refractivity contribution in [1.82, 2.24) is 4.90 Å². The summed E-state index contributed by atoms with van der Waals surface area (Å²) in [4.78, 5) is 14.2. The fourth-order valence-electron chi connectivity index (χ4n) is 9.97. The molecule has 14 unspecified atom stereocenters. The molecule has 4 rings (SSSR count). The number of amides is 1. The summed E-state index contributed by atoms with van der Waals surface area (Å²) in [7, 11) is 1.55. The van der Waals surface area contributed by atoms with Crippen molar-refractivity contribution in [2.75, 3.05) is 20.2 Å². The van der Waals surface area contributed by atoms with Crippen LogP contribution in [0.3, 0.4) is 0 Å². The van der Waals surface area contributed by atoms with Gasteiger partial charge < -0.3 is 40.6 Å². The Kier molecular flexibility index (Phi) is 9.98. The predicted molar refractivity (Wildman–Crippen MR) is 150 cm³/mol. The first-order valence-corrected chi connectivity index (χ1v) is 15.7. The lowest BCUT2D eigenvalue weighted by Gasteiger charge is -2.62. The van der Waals surface area contributed by atoms with Crippen LogP contribution in [0.15, 0.2) is 0 Å². The quantitative estimate of drug-likeness (QED) is 0.207. The van der Waals surface area contributed by atoms with Gasteiger partial charge in [-0.05, 0) is 104 Å². The third-order valence-electron chi connectivity index (χ3n) is 12.4. The van der Waals surface area contributed by atoms with E-state index in [1.165, 1.54) is 4.90 Å². The van der Waals surface area contributed by atoms with Crippen LogP contribution in [0.2, 0.25) is 0 Å². The Morgan fingerprint density at radius 1 is 0.900 bits per heavy atom. The van der Waals surface area contributed by atoms with Crippen LogP contribution in [0.1, 0.15) is 85.0 Å². The molecule has 9 nitrogen and oxygen atoms in total. The maximum atomic E-state index is 12.9. The number of fused-ring (bicyclic) bond motifs is 5. The maximum absolute atomic E-state index is 12.9. The number of carbonyl (C=O) groups is 1. The van der Waals surface area contributed by atoms with Crippen LogP contribution in [-0.4, -0.2) is 103 Å². The van der Waals surface area contributed by atoms with Gasteiger partial charge in [0.1, 0.15) is 24.4 Å². The van der Waals surface area contributed by atoms with E-state index in [1.807, 2.05) is 0 Å². The number of carbonyl (C=O) groups excluding carboxylic acids is 1. The van der Waals surface area contributed by atoms with Gasteiger partial charge in [0.2, 0.25) is 5.91 Å². The molecule has 0 aromatic rings. The molecule has 9 heteroatoms. The van der Waals surface area contributed by atoms with Crippen molar-refractivity contribution in [3.63, 3.8) is 0 Å². The summed E-state index contributed by atoms with van der Waals surface area (Å²) in [5.74, 6) is 2.36. The molecule has 0 spiro atoms. The number of aliphatic hydroxyl groups is 7. The molecule has 1 amide bonds. The Balaban J connectivity index is 1.34. The van der Waals surface area contributed by atoms with E-state index in [4.69, 9.17) is 5.11 Å². The van der Waals surface area contributed by atoms with E-state index < -0.39 is 31.0 Å². The molecule has 0 saturated heterocycles. The second kappa shape index (κ2) is 12.4. The van der Waals surface area contributed by atoms with Gasteiger partial charge in [-0.25, -0.2) is 0 Å². The standard InChI is InChI=1S/C31H55NO8/c1-17(5-8-26(38)32(4)15-24(36)28(39)29(40)25(37)16-33)20-6-7-21-27-22(10-12-31(20,21)3)30(2)11-9-19(34)13-18(30)14-23(27)35/h17-25,27-29,33-37,39-40H,5-16H2,1-4H3. The highest BCUT2D eigenvalue weighted by Gasteiger charge is 2.62. The average molecular weight is 570 g/mol. The van der Waals surface area contributed by atoms with E-state index >= 15 is 0 Å². The number of aliphatic hydroxyl groups excluding tert-OH is 7. The van der Waals surface area contributed by atoms with Gasteiger partial charge in [0, 0.05) is 20.0 Å². The highest BCUT2D eigenvalue weighted by Crippen LogP contribution is 2.68. The summed E-state index contributed by atoms with van der Waals surface area (Å²) >= 11 is 0. The minimum Gasteiger partial charge on any atom is -0.394 e. The molecule has 14 atom stereocenters. The van der Waals surface area contributed by atoms with Crippen molar-refractivity contribution < 1.29 is 40.5 Å². The molecule has 0 aromatic heterocycles. The smallest absolute Gasteiger partial charge is 0.222 e. The van der Waals surface area contributed by atoms with Crippen LogP contribution in [-0.2, 0) is 4.79 Å². The van der Waals surface area contributed by atoms with E-state index in [2.05, 4.69) is 20.8 Å². The second-order valence-corrected chi connectivity index (χ2v) is 14.5. The number of likely N-dealkylation sites (N-methyl/N-ethyl adjacent to an activating group) is 1. The number of hydrogen-bond donors (Lipinski definition) is 7. The first-order chi connectivity index (χ1) is 18.7. The Bertz CT molecular complexity index is 874. The molecule has 0 bridgehead atoms. The first kappa shape index (κ1) is 32.1. The van der Waals surface area contributed by atoms with Crippen molar-refractivity contribution in [2.24, 2.45) is 46.3 Å². The second-order valence-electron chi connectivity index (χ2n) is 14.5. The minimum absolute atomic E-state index is 0.137. The topological polar surface area (TPSA) is 162 Å². The Labute approximate surface area is 239 Å². The van der Waals surface area contributed by atoms with Gasteiger partial charge in [-0.15, -0.1) is 0 Å². The minimum atomic E-state index is -1.71. The molecule has 0 aromatic carbocycles. The van der Waals surface area contributed by atoms with Crippen LogP contribution in [0.4, 0.5) is 0 Å². The Morgan fingerprint density at radius 3 is 2.20 bits per heavy atom. The van der Waals surface area contributed by atoms with Crippen molar-refractivity contribution in [3.05, 3.63) is 0 Å². The van der Waals surface area contributed by atoms with Crippen molar-refractivity contribution in [2.45, 2.75) is 122 Å². The monoisotopic (exact) mass is 569 g/mol. The zero-order valence-corrected chi connectivity index (χ0v) is 24.9. The van der Waals surface area contributed by atoms with Gasteiger partial charge >= 0.3 is 0 Å². The van der Waals surface area contributed by atoms with Crippen LogP contribution in [0.5, 0.6) is 0 Å². The van der Waals surface area contributed by atoms with Crippen LogP contribution < -0.4 is 0 Å². The molecule has 7 N–H and O–H groups in total. The largest absolute Gasteiger partial charge is 0.394 e. The van der Waals surface area contributed by atoms with Gasteiger partial charge in [0.15, 0.2) is 0 Å². The van der Waals surface area contributed by atoms with Gasteiger partial charge in [-0.2, -0.15) is 0 Å². The van der Waals surface area contributed by atoms with Crippen molar-refractivity contribution in [1.29, 1.82) is 0 Å². The average Bonchev–Trinajstić information content (AvgIpc) is 3.28. The third kappa shape index (κ3) is 5.86. The Morgan fingerprint density at radius 2 is 1.52 bits per heavy atom. The fraction of sp³-hybridized carbons (Fsp3) is 0.968. The normalized spacial score (nSPS) is 43.0. The molecule has 4 saturated carbocycles. The molecule has 0 aliphatic heterocycles. The number of hydrogen-bond acceptors (Lipinski definition) is 8. The lowest BCUT2D eigenvalue weighted by Crippen LogP contribution is -2.58. The lowest BCUT2D eigenvalue weighted by molar-refractivity contribution is -0.174. The zero-order valence-electron chi connectivity index (χ0n) is 24.9. The van der Waals surface area contributed by atoms with Gasteiger partial charge in [0.25, 0.3) is 0 Å². The third-order valence-corrected chi connectivity index (χ3v) is 12.4. The summed E-state index contributed by atoms with van der Waals surface area (Å²) in [5.41, 5.74) is 0.341. The van der Waals surface area contributed by atoms with Crippen LogP contribution in [0.25, 0.3) is 0 Å². The predicted octanol–water partition coefficient (Wildman–Crippen LogP) is 1.29. The lowest BCUT2D eigenvalue weighted by atomic mass is 9.43. The van der Waals surface area contributed by atoms with Gasteiger partial charge in [-0.1, -0.05) is 20.8 Å². The highest BCUT2D eigenvalue weighted by atomic mass is 16.4. The molecule has 4 aliphatic carbocycles. The highest BCUT2D eigenvalue weighted by molar-refractivity contribution is 5.75.